The molecule has 1 aliphatic rings. The number of amides is 1. The van der Waals surface area contributed by atoms with Crippen LogP contribution in [0.25, 0.3) is 0 Å². The van der Waals surface area contributed by atoms with Crippen LogP contribution in [0.3, 0.4) is 0 Å². The van der Waals surface area contributed by atoms with E-state index in [2.05, 4.69) is 15.7 Å². The van der Waals surface area contributed by atoms with Crippen LogP contribution in [0.2, 0.25) is 0 Å². The molecule has 6 heteroatoms. The first kappa shape index (κ1) is 15.8. The molecule has 0 aliphatic heterocycles. The molecule has 1 fully saturated rings. The van der Waals surface area contributed by atoms with E-state index in [1.54, 1.807) is 23.1 Å². The highest BCUT2D eigenvalue weighted by molar-refractivity contribution is 7.98. The summed E-state index contributed by atoms with van der Waals surface area (Å²) in [5, 5.41) is 15.9. The summed E-state index contributed by atoms with van der Waals surface area (Å²) >= 11 is 3.39. The quantitative estimate of drug-likeness (QED) is 0.792. The number of aliphatic hydroxyl groups excluding tert-OH is 1. The fourth-order valence-electron chi connectivity index (χ4n) is 2.37. The van der Waals surface area contributed by atoms with Gasteiger partial charge in [-0.25, -0.2) is 4.98 Å². The highest BCUT2D eigenvalue weighted by Crippen LogP contribution is 2.19. The van der Waals surface area contributed by atoms with Crippen molar-refractivity contribution in [2.24, 2.45) is 0 Å². The summed E-state index contributed by atoms with van der Waals surface area (Å²) in [4.78, 5) is 16.2. The van der Waals surface area contributed by atoms with Gasteiger partial charge in [-0.1, -0.05) is 12.8 Å². The van der Waals surface area contributed by atoms with Crippen molar-refractivity contribution in [1.29, 1.82) is 0 Å². The molecule has 0 unspecified atom stereocenters. The molecule has 0 aromatic carbocycles. The molecule has 1 aromatic heterocycles. The second-order valence-electron chi connectivity index (χ2n) is 5.19. The normalized spacial score (nSPS) is 22.7. The molecule has 1 heterocycles. The van der Waals surface area contributed by atoms with Crippen molar-refractivity contribution < 1.29 is 9.90 Å². The predicted molar refractivity (Wildman–Crippen MR) is 84.0 cm³/mol. The largest absolute Gasteiger partial charge is 0.391 e. The Morgan fingerprint density at radius 1 is 1.55 bits per heavy atom. The number of hydrogen-bond acceptors (Lipinski definition) is 5. The molecular formula is C14H22N2O2S2. The van der Waals surface area contributed by atoms with Gasteiger partial charge in [-0.15, -0.1) is 11.3 Å². The van der Waals surface area contributed by atoms with Crippen molar-refractivity contribution in [1.82, 2.24) is 10.3 Å². The first-order valence-electron chi connectivity index (χ1n) is 7.11. The molecule has 2 atom stereocenters. The van der Waals surface area contributed by atoms with E-state index in [1.807, 2.05) is 6.92 Å². The van der Waals surface area contributed by atoms with Crippen LogP contribution in [0.15, 0.2) is 5.38 Å². The third-order valence-electron chi connectivity index (χ3n) is 3.47. The van der Waals surface area contributed by atoms with Crippen LogP contribution in [-0.2, 0) is 10.5 Å². The summed E-state index contributed by atoms with van der Waals surface area (Å²) in [5.74, 6) is 1.72. The number of carbonyl (C=O) groups is 1. The standard InChI is InChI=1S/C14H22N2O2S2/c1-10-15-11(9-20-10)8-19-7-6-14(18)16-12-4-2-3-5-13(12)17/h9,12-13,17H,2-8H2,1H3,(H,16,18)/t12-,13-/m1/s1. The SMILES string of the molecule is Cc1nc(CSCCC(=O)N[C@@H]2CCCC[C@H]2O)cs1. The van der Waals surface area contributed by atoms with Crippen LogP contribution in [-0.4, -0.2) is 33.9 Å². The van der Waals surface area contributed by atoms with Crippen LogP contribution in [0.5, 0.6) is 0 Å². The van der Waals surface area contributed by atoms with Gasteiger partial charge < -0.3 is 10.4 Å². The minimum Gasteiger partial charge on any atom is -0.391 e. The molecule has 4 nitrogen and oxygen atoms in total. The maximum atomic E-state index is 11.8. The molecule has 2 rings (SSSR count). The number of aromatic nitrogens is 1. The average molecular weight is 314 g/mol. The maximum absolute atomic E-state index is 11.8. The fourth-order valence-corrected chi connectivity index (χ4v) is 3.92. The Kier molecular flexibility index (Phi) is 6.32. The topological polar surface area (TPSA) is 62.2 Å². The summed E-state index contributed by atoms with van der Waals surface area (Å²) in [6, 6.07) is -0.0394. The molecule has 20 heavy (non-hydrogen) atoms. The lowest BCUT2D eigenvalue weighted by Crippen LogP contribution is -2.45. The van der Waals surface area contributed by atoms with Gasteiger partial charge in [0.2, 0.25) is 5.91 Å². The zero-order chi connectivity index (χ0) is 14.4. The van der Waals surface area contributed by atoms with Gasteiger partial charge in [0.15, 0.2) is 0 Å². The third-order valence-corrected chi connectivity index (χ3v) is 5.28. The number of aliphatic hydroxyl groups is 1. The van der Waals surface area contributed by atoms with Crippen LogP contribution < -0.4 is 5.32 Å². The van der Waals surface area contributed by atoms with Crippen molar-refractivity contribution in [2.75, 3.05) is 5.75 Å². The molecule has 1 aromatic rings. The Labute approximate surface area is 128 Å². The van der Waals surface area contributed by atoms with Crippen LogP contribution in [0.1, 0.15) is 42.8 Å². The van der Waals surface area contributed by atoms with E-state index >= 15 is 0 Å². The van der Waals surface area contributed by atoms with Gasteiger partial charge in [0.05, 0.1) is 22.8 Å². The zero-order valence-electron chi connectivity index (χ0n) is 11.8. The van der Waals surface area contributed by atoms with Gasteiger partial charge in [0.1, 0.15) is 0 Å². The number of nitrogens with one attached hydrogen (secondary N) is 1. The van der Waals surface area contributed by atoms with E-state index in [0.29, 0.717) is 6.42 Å². The second kappa shape index (κ2) is 8.00. The molecular weight excluding hydrogens is 292 g/mol. The van der Waals surface area contributed by atoms with E-state index in [4.69, 9.17) is 0 Å². The molecule has 1 amide bonds. The Hall–Kier alpha value is -0.590. The van der Waals surface area contributed by atoms with E-state index in [-0.39, 0.29) is 18.1 Å². The number of thiazole rings is 1. The zero-order valence-corrected chi connectivity index (χ0v) is 13.4. The lowest BCUT2D eigenvalue weighted by molar-refractivity contribution is -0.122. The molecule has 0 spiro atoms. The molecule has 1 saturated carbocycles. The molecule has 1 aliphatic carbocycles. The fraction of sp³-hybridized carbons (Fsp3) is 0.714. The molecule has 2 N–H and O–H groups in total. The van der Waals surface area contributed by atoms with Gasteiger partial charge in [-0.05, 0) is 19.8 Å². The summed E-state index contributed by atoms with van der Waals surface area (Å²) < 4.78 is 0. The van der Waals surface area contributed by atoms with E-state index < -0.39 is 0 Å². The van der Waals surface area contributed by atoms with Crippen molar-refractivity contribution in [3.63, 3.8) is 0 Å². The summed E-state index contributed by atoms with van der Waals surface area (Å²) in [6.07, 6.45) is 4.02. The average Bonchev–Trinajstić information content (AvgIpc) is 2.83. The van der Waals surface area contributed by atoms with E-state index in [1.165, 1.54) is 0 Å². The minimum atomic E-state index is -0.363. The van der Waals surface area contributed by atoms with Gasteiger partial charge in [-0.2, -0.15) is 11.8 Å². The monoisotopic (exact) mass is 314 g/mol. The summed E-state index contributed by atoms with van der Waals surface area (Å²) in [7, 11) is 0. The molecule has 0 radical (unpaired) electrons. The molecule has 112 valence electrons. The van der Waals surface area contributed by atoms with Gasteiger partial charge in [0, 0.05) is 23.3 Å². The van der Waals surface area contributed by atoms with Gasteiger partial charge in [0.25, 0.3) is 0 Å². The van der Waals surface area contributed by atoms with Crippen molar-refractivity contribution >= 4 is 29.0 Å². The minimum absolute atomic E-state index is 0.0394. The third kappa shape index (κ3) is 5.07. The number of carbonyl (C=O) groups excluding carboxylic acids is 1. The number of nitrogens with zero attached hydrogens (tertiary/aromatic N) is 1. The Bertz CT molecular complexity index is 437. The van der Waals surface area contributed by atoms with Crippen molar-refractivity contribution in [2.45, 2.75) is 56.9 Å². The van der Waals surface area contributed by atoms with E-state index in [9.17, 15) is 9.90 Å². The van der Waals surface area contributed by atoms with E-state index in [0.717, 1.165) is 47.9 Å². The maximum Gasteiger partial charge on any atom is 0.221 e. The highest BCUT2D eigenvalue weighted by atomic mass is 32.2. The van der Waals surface area contributed by atoms with Gasteiger partial charge in [-0.3, -0.25) is 4.79 Å². The predicted octanol–water partition coefficient (Wildman–Crippen LogP) is 2.49. The number of thioether (sulfide) groups is 1. The second-order valence-corrected chi connectivity index (χ2v) is 7.35. The molecule has 0 saturated heterocycles. The van der Waals surface area contributed by atoms with Crippen LogP contribution in [0, 0.1) is 6.92 Å². The number of aryl methyl sites for hydroxylation is 1. The summed E-state index contributed by atoms with van der Waals surface area (Å²) in [5.41, 5.74) is 1.10. The lowest BCUT2D eigenvalue weighted by atomic mass is 9.92. The number of rotatable bonds is 6. The smallest absolute Gasteiger partial charge is 0.221 e. The summed E-state index contributed by atoms with van der Waals surface area (Å²) in [6.45, 7) is 2.00. The first-order chi connectivity index (χ1) is 9.65. The lowest BCUT2D eigenvalue weighted by Gasteiger charge is -2.28. The van der Waals surface area contributed by atoms with Crippen LogP contribution in [0.4, 0.5) is 0 Å². The van der Waals surface area contributed by atoms with Crippen molar-refractivity contribution in [3.8, 4) is 0 Å². The highest BCUT2D eigenvalue weighted by Gasteiger charge is 2.24. The Balaban J connectivity index is 1.60. The van der Waals surface area contributed by atoms with Crippen molar-refractivity contribution in [3.05, 3.63) is 16.1 Å². The van der Waals surface area contributed by atoms with Gasteiger partial charge >= 0.3 is 0 Å². The first-order valence-corrected chi connectivity index (χ1v) is 9.15. The Morgan fingerprint density at radius 3 is 3.05 bits per heavy atom. The Morgan fingerprint density at radius 2 is 2.35 bits per heavy atom. The number of hydrogen-bond donors (Lipinski definition) is 2. The van der Waals surface area contributed by atoms with Crippen LogP contribution >= 0.6 is 23.1 Å². The molecule has 0 bridgehead atoms.